The topological polar surface area (TPSA) is 111 Å². The zero-order valence-corrected chi connectivity index (χ0v) is 22.8. The number of aromatic nitrogens is 1. The summed E-state index contributed by atoms with van der Waals surface area (Å²) in [5.74, 6) is -0.711. The average molecular weight is 563 g/mol. The van der Waals surface area contributed by atoms with Crippen LogP contribution in [0.1, 0.15) is 47.1 Å². The van der Waals surface area contributed by atoms with Crippen molar-refractivity contribution in [2.75, 3.05) is 6.61 Å². The molecular weight excluding hydrogens is 540 g/mol. The van der Waals surface area contributed by atoms with E-state index in [1.54, 1.807) is 68.5 Å². The molecule has 2 aromatic heterocycles. The summed E-state index contributed by atoms with van der Waals surface area (Å²) in [5, 5.41) is 9.76. The Morgan fingerprint density at radius 1 is 1.18 bits per heavy atom. The van der Waals surface area contributed by atoms with Gasteiger partial charge in [-0.15, -0.1) is 0 Å². The highest BCUT2D eigenvalue weighted by molar-refractivity contribution is 7.07. The highest BCUT2D eigenvalue weighted by Crippen LogP contribution is 2.34. The number of carbonyl (C=O) groups is 2. The molecule has 0 saturated carbocycles. The van der Waals surface area contributed by atoms with Crippen LogP contribution >= 0.6 is 22.9 Å². The normalized spacial score (nSPS) is 15.2. The monoisotopic (exact) mass is 562 g/mol. The van der Waals surface area contributed by atoms with Crippen molar-refractivity contribution in [1.29, 1.82) is 0 Å². The number of carbonyl (C=O) groups excluding carboxylic acids is 1. The Morgan fingerprint density at radius 3 is 2.67 bits per heavy atom. The van der Waals surface area contributed by atoms with Crippen molar-refractivity contribution in [3.05, 3.63) is 113 Å². The molecule has 1 aliphatic rings. The maximum atomic E-state index is 13.8. The Bertz CT molecular complexity index is 1850. The summed E-state index contributed by atoms with van der Waals surface area (Å²) in [7, 11) is 0. The van der Waals surface area contributed by atoms with Gasteiger partial charge >= 0.3 is 11.9 Å². The first-order chi connectivity index (χ1) is 18.7. The summed E-state index contributed by atoms with van der Waals surface area (Å²) in [5.41, 5.74) is 2.55. The van der Waals surface area contributed by atoms with Crippen LogP contribution in [-0.4, -0.2) is 28.2 Å². The highest BCUT2D eigenvalue weighted by Gasteiger charge is 2.34. The molecular formula is C29H23ClN2O6S. The summed E-state index contributed by atoms with van der Waals surface area (Å²) >= 11 is 7.70. The molecule has 8 nitrogen and oxygen atoms in total. The lowest BCUT2D eigenvalue weighted by Crippen LogP contribution is -2.40. The molecule has 0 aliphatic carbocycles. The first-order valence-corrected chi connectivity index (χ1v) is 13.3. The number of carboxylic acid groups (broad SMARTS) is 1. The number of benzene rings is 2. The van der Waals surface area contributed by atoms with E-state index in [1.165, 1.54) is 22.0 Å². The van der Waals surface area contributed by atoms with Crippen molar-refractivity contribution >= 4 is 41.0 Å². The van der Waals surface area contributed by atoms with Crippen molar-refractivity contribution in [1.82, 2.24) is 4.57 Å². The fourth-order valence-corrected chi connectivity index (χ4v) is 5.77. The molecule has 4 aromatic rings. The average Bonchev–Trinajstić information content (AvgIpc) is 3.48. The second-order valence-electron chi connectivity index (χ2n) is 8.86. The molecule has 0 fully saturated rings. The molecule has 39 heavy (non-hydrogen) atoms. The van der Waals surface area contributed by atoms with Crippen LogP contribution < -0.4 is 14.9 Å². The van der Waals surface area contributed by atoms with E-state index < -0.39 is 18.0 Å². The number of rotatable bonds is 6. The zero-order valence-electron chi connectivity index (χ0n) is 21.2. The lowest BCUT2D eigenvalue weighted by molar-refractivity contribution is -0.139. The van der Waals surface area contributed by atoms with E-state index in [0.717, 1.165) is 5.56 Å². The quantitative estimate of drug-likeness (QED) is 0.340. The summed E-state index contributed by atoms with van der Waals surface area (Å²) in [4.78, 5) is 43.2. The van der Waals surface area contributed by atoms with Gasteiger partial charge in [-0.25, -0.2) is 14.6 Å². The van der Waals surface area contributed by atoms with Gasteiger partial charge in [0, 0.05) is 16.7 Å². The largest absolute Gasteiger partial charge is 0.478 e. The lowest BCUT2D eigenvalue weighted by Gasteiger charge is -2.25. The molecule has 0 amide bonds. The minimum absolute atomic E-state index is 0.147. The standard InChI is InChI=1S/C29H23ClN2O6S/c1-4-37-28(36)24-16(3)31-29-32(25(24)19-7-5-6-8-21(19)30)26(33)23(39-29)14-18-11-12-22(38-18)20-13-17(27(34)35)10-9-15(20)2/h5-14,25H,4H2,1-3H3,(H,34,35)/b23-14+/t25-/m0/s1. The van der Waals surface area contributed by atoms with E-state index in [0.29, 0.717) is 42.7 Å². The van der Waals surface area contributed by atoms with E-state index in [-0.39, 0.29) is 23.3 Å². The van der Waals surface area contributed by atoms with E-state index in [1.807, 2.05) is 6.92 Å². The van der Waals surface area contributed by atoms with Gasteiger partial charge in [-0.2, -0.15) is 0 Å². The fourth-order valence-electron chi connectivity index (χ4n) is 4.51. The van der Waals surface area contributed by atoms with Crippen LogP contribution in [0.15, 0.2) is 80.1 Å². The number of hydrogen-bond acceptors (Lipinski definition) is 7. The number of ether oxygens (including phenoxy) is 1. The molecule has 1 atom stereocenters. The van der Waals surface area contributed by atoms with Crippen molar-refractivity contribution in [3.8, 4) is 11.3 Å². The number of thiazole rings is 1. The first-order valence-electron chi connectivity index (χ1n) is 12.1. The summed E-state index contributed by atoms with van der Waals surface area (Å²) in [6.07, 6.45) is 1.61. The van der Waals surface area contributed by atoms with Crippen LogP contribution in [-0.2, 0) is 9.53 Å². The van der Waals surface area contributed by atoms with Gasteiger partial charge in [-0.1, -0.05) is 47.2 Å². The Balaban J connectivity index is 1.64. The number of halogens is 1. The number of fused-ring (bicyclic) bond motifs is 1. The molecule has 198 valence electrons. The van der Waals surface area contributed by atoms with Crippen molar-refractivity contribution in [2.45, 2.75) is 26.8 Å². The van der Waals surface area contributed by atoms with Gasteiger partial charge in [-0.05, 0) is 62.2 Å². The second-order valence-corrected chi connectivity index (χ2v) is 10.3. The van der Waals surface area contributed by atoms with E-state index >= 15 is 0 Å². The van der Waals surface area contributed by atoms with E-state index in [4.69, 9.17) is 20.8 Å². The highest BCUT2D eigenvalue weighted by atomic mass is 35.5. The molecule has 1 aliphatic heterocycles. The maximum absolute atomic E-state index is 13.8. The number of aryl methyl sites for hydroxylation is 1. The summed E-state index contributed by atoms with van der Waals surface area (Å²) in [6.45, 7) is 5.45. The minimum atomic E-state index is -1.03. The number of furan rings is 1. The molecule has 10 heteroatoms. The van der Waals surface area contributed by atoms with Crippen molar-refractivity contribution < 1.29 is 23.8 Å². The number of carboxylic acids is 1. The van der Waals surface area contributed by atoms with Crippen LogP contribution in [0.5, 0.6) is 0 Å². The lowest BCUT2D eigenvalue weighted by atomic mass is 9.96. The number of aromatic carboxylic acids is 1. The van der Waals surface area contributed by atoms with Gasteiger partial charge < -0.3 is 14.3 Å². The molecule has 0 spiro atoms. The molecule has 5 rings (SSSR count). The Labute approximate surface area is 231 Å². The third-order valence-corrected chi connectivity index (χ3v) is 7.69. The van der Waals surface area contributed by atoms with Crippen molar-refractivity contribution in [3.63, 3.8) is 0 Å². The molecule has 0 radical (unpaired) electrons. The van der Waals surface area contributed by atoms with Gasteiger partial charge in [-0.3, -0.25) is 9.36 Å². The SMILES string of the molecule is CCOC(=O)C1=C(C)N=c2s/c(=C/c3ccc(-c4cc(C(=O)O)ccc4C)o3)c(=O)n2[C@H]1c1ccccc1Cl. The van der Waals surface area contributed by atoms with Gasteiger partial charge in [0.15, 0.2) is 4.80 Å². The van der Waals surface area contributed by atoms with Crippen LogP contribution in [0.3, 0.4) is 0 Å². The molecule has 1 N–H and O–H groups in total. The Morgan fingerprint density at radius 2 is 1.95 bits per heavy atom. The van der Waals surface area contributed by atoms with Gasteiger partial charge in [0.2, 0.25) is 0 Å². The first kappa shape index (κ1) is 26.4. The van der Waals surface area contributed by atoms with E-state index in [2.05, 4.69) is 4.99 Å². The van der Waals surface area contributed by atoms with Crippen LogP contribution in [0.25, 0.3) is 17.4 Å². The van der Waals surface area contributed by atoms with Gasteiger partial charge in [0.05, 0.1) is 28.0 Å². The number of hydrogen-bond donors (Lipinski definition) is 1. The summed E-state index contributed by atoms with van der Waals surface area (Å²) in [6, 6.07) is 14.5. The maximum Gasteiger partial charge on any atom is 0.338 e. The number of nitrogens with zero attached hydrogens (tertiary/aromatic N) is 2. The number of esters is 1. The van der Waals surface area contributed by atoms with Crippen LogP contribution in [0, 0.1) is 6.92 Å². The molecule has 2 aromatic carbocycles. The van der Waals surface area contributed by atoms with Gasteiger partial charge in [0.25, 0.3) is 5.56 Å². The van der Waals surface area contributed by atoms with Crippen molar-refractivity contribution in [2.24, 2.45) is 4.99 Å². The molecule has 0 bridgehead atoms. The van der Waals surface area contributed by atoms with E-state index in [9.17, 15) is 19.5 Å². The summed E-state index contributed by atoms with van der Waals surface area (Å²) < 4.78 is 13.1. The third kappa shape index (κ3) is 4.86. The third-order valence-electron chi connectivity index (χ3n) is 6.37. The molecule has 0 saturated heterocycles. The second kappa shape index (κ2) is 10.5. The molecule has 0 unspecified atom stereocenters. The zero-order chi connectivity index (χ0) is 27.8. The number of allylic oxidation sites excluding steroid dienone is 1. The Kier molecular flexibility index (Phi) is 7.12. The Hall–Kier alpha value is -4.21. The van der Waals surface area contributed by atoms with Crippen LogP contribution in [0.4, 0.5) is 0 Å². The minimum Gasteiger partial charge on any atom is -0.478 e. The fraction of sp³-hybridized carbons (Fsp3) is 0.172. The predicted molar refractivity (Wildman–Crippen MR) is 148 cm³/mol. The van der Waals surface area contributed by atoms with Crippen LogP contribution in [0.2, 0.25) is 5.02 Å². The van der Waals surface area contributed by atoms with Gasteiger partial charge in [0.1, 0.15) is 17.6 Å². The predicted octanol–water partition coefficient (Wildman–Crippen LogP) is 4.72. The smallest absolute Gasteiger partial charge is 0.338 e. The molecule has 3 heterocycles.